The number of carbonyl (C=O) groups excluding carboxylic acids is 1. The topological polar surface area (TPSA) is 52.3 Å². The molecule has 1 saturated heterocycles. The van der Waals surface area contributed by atoms with Gasteiger partial charge in [0.1, 0.15) is 6.54 Å². The molecule has 1 amide bonds. The zero-order valence-corrected chi connectivity index (χ0v) is 13.3. The van der Waals surface area contributed by atoms with Gasteiger partial charge >= 0.3 is 0 Å². The highest BCUT2D eigenvalue weighted by molar-refractivity contribution is 5.76. The van der Waals surface area contributed by atoms with Crippen LogP contribution in [-0.4, -0.2) is 44.9 Å². The molecular formula is C16H22N4O2. The molecule has 6 heteroatoms. The Morgan fingerprint density at radius 3 is 2.91 bits per heavy atom. The predicted octanol–water partition coefficient (Wildman–Crippen LogP) is 1.44. The van der Waals surface area contributed by atoms with E-state index in [4.69, 9.17) is 4.74 Å². The van der Waals surface area contributed by atoms with E-state index in [2.05, 4.69) is 5.10 Å². The maximum absolute atomic E-state index is 12.7. The maximum atomic E-state index is 12.7. The third-order valence-corrected chi connectivity index (χ3v) is 4.16. The van der Waals surface area contributed by atoms with Crippen molar-refractivity contribution in [3.8, 4) is 0 Å². The van der Waals surface area contributed by atoms with E-state index in [0.717, 1.165) is 17.1 Å². The molecule has 1 fully saturated rings. The quantitative estimate of drug-likeness (QED) is 0.862. The first kappa shape index (κ1) is 14.8. The third-order valence-electron chi connectivity index (χ3n) is 4.16. The lowest BCUT2D eigenvalue weighted by atomic mass is 10.1. The molecule has 2 aromatic rings. The van der Waals surface area contributed by atoms with Gasteiger partial charge < -0.3 is 14.2 Å². The van der Waals surface area contributed by atoms with Gasteiger partial charge in [0.05, 0.1) is 24.9 Å². The van der Waals surface area contributed by atoms with Crippen molar-refractivity contribution >= 4 is 5.91 Å². The maximum Gasteiger partial charge on any atom is 0.245 e. The molecule has 6 nitrogen and oxygen atoms in total. The number of carbonyl (C=O) groups is 1. The lowest BCUT2D eigenvalue weighted by Crippen LogP contribution is -2.45. The fourth-order valence-corrected chi connectivity index (χ4v) is 3.02. The highest BCUT2D eigenvalue weighted by Gasteiger charge is 2.30. The first-order chi connectivity index (χ1) is 10.6. The fraction of sp³-hybridized carbons (Fsp3) is 0.500. The number of nitrogens with zero attached hydrogens (tertiary/aromatic N) is 4. The smallest absolute Gasteiger partial charge is 0.245 e. The summed E-state index contributed by atoms with van der Waals surface area (Å²) in [7, 11) is 1.99. The predicted molar refractivity (Wildman–Crippen MR) is 82.4 cm³/mol. The minimum Gasteiger partial charge on any atom is -0.377 e. The number of hydrogen-bond acceptors (Lipinski definition) is 3. The van der Waals surface area contributed by atoms with Gasteiger partial charge in [-0.05, 0) is 32.0 Å². The summed E-state index contributed by atoms with van der Waals surface area (Å²) in [5.41, 5.74) is 3.04. The van der Waals surface area contributed by atoms with Gasteiger partial charge in [-0.1, -0.05) is 0 Å². The molecule has 1 aliphatic heterocycles. The molecule has 3 rings (SSSR count). The van der Waals surface area contributed by atoms with E-state index in [9.17, 15) is 4.79 Å². The summed E-state index contributed by atoms with van der Waals surface area (Å²) in [5, 5.41) is 4.38. The zero-order chi connectivity index (χ0) is 15.7. The van der Waals surface area contributed by atoms with Crippen molar-refractivity contribution in [1.29, 1.82) is 0 Å². The first-order valence-corrected chi connectivity index (χ1v) is 7.56. The molecule has 2 aromatic heterocycles. The Bertz CT molecular complexity index is 673. The van der Waals surface area contributed by atoms with Crippen LogP contribution in [0.25, 0.3) is 0 Å². The third kappa shape index (κ3) is 2.78. The standard InChI is InChI=1S/C16H22N4O2/c1-12-9-13(2)20(17-12)10-16(21)19-7-8-22-11-15(19)14-5-4-6-18(14)3/h4-6,9,15H,7-8,10-11H2,1-3H3. The van der Waals surface area contributed by atoms with Crippen LogP contribution in [0, 0.1) is 13.8 Å². The van der Waals surface area contributed by atoms with E-state index < -0.39 is 0 Å². The van der Waals surface area contributed by atoms with Crippen LogP contribution < -0.4 is 0 Å². The van der Waals surface area contributed by atoms with Gasteiger partial charge in [-0.25, -0.2) is 0 Å². The number of hydrogen-bond donors (Lipinski definition) is 0. The molecule has 0 spiro atoms. The molecule has 3 heterocycles. The highest BCUT2D eigenvalue weighted by atomic mass is 16.5. The lowest BCUT2D eigenvalue weighted by Gasteiger charge is -2.36. The molecular weight excluding hydrogens is 280 g/mol. The summed E-state index contributed by atoms with van der Waals surface area (Å²) in [6.07, 6.45) is 1.99. The molecule has 1 aliphatic rings. The van der Waals surface area contributed by atoms with Gasteiger partial charge in [-0.15, -0.1) is 0 Å². The monoisotopic (exact) mass is 302 g/mol. The number of rotatable bonds is 3. The molecule has 1 unspecified atom stereocenters. The minimum absolute atomic E-state index is 0.0294. The molecule has 0 saturated carbocycles. The van der Waals surface area contributed by atoms with Crippen LogP contribution in [0.4, 0.5) is 0 Å². The number of amides is 1. The number of morpholine rings is 1. The van der Waals surface area contributed by atoms with Gasteiger partial charge in [0.15, 0.2) is 0 Å². The van der Waals surface area contributed by atoms with Gasteiger partial charge in [0.2, 0.25) is 5.91 Å². The summed E-state index contributed by atoms with van der Waals surface area (Å²) >= 11 is 0. The Morgan fingerprint density at radius 1 is 1.45 bits per heavy atom. The molecule has 0 aromatic carbocycles. The van der Waals surface area contributed by atoms with Crippen molar-refractivity contribution in [3.05, 3.63) is 41.5 Å². The van der Waals surface area contributed by atoms with Crippen molar-refractivity contribution in [2.24, 2.45) is 7.05 Å². The Labute approximate surface area is 130 Å². The molecule has 0 radical (unpaired) electrons. The van der Waals surface area contributed by atoms with E-state index >= 15 is 0 Å². The molecule has 0 aliphatic carbocycles. The van der Waals surface area contributed by atoms with Gasteiger partial charge in [-0.2, -0.15) is 5.10 Å². The van der Waals surface area contributed by atoms with E-state index in [1.54, 1.807) is 4.68 Å². The Morgan fingerprint density at radius 2 is 2.27 bits per heavy atom. The molecule has 1 atom stereocenters. The van der Waals surface area contributed by atoms with Crippen LogP contribution in [0.2, 0.25) is 0 Å². The average molecular weight is 302 g/mol. The van der Waals surface area contributed by atoms with E-state index in [-0.39, 0.29) is 18.5 Å². The normalized spacial score (nSPS) is 18.7. The Balaban J connectivity index is 1.80. The minimum atomic E-state index is -0.0294. The van der Waals surface area contributed by atoms with Crippen molar-refractivity contribution in [1.82, 2.24) is 19.2 Å². The fourth-order valence-electron chi connectivity index (χ4n) is 3.02. The summed E-state index contributed by atoms with van der Waals surface area (Å²) < 4.78 is 9.41. The van der Waals surface area contributed by atoms with Crippen LogP contribution in [0.5, 0.6) is 0 Å². The molecule has 0 bridgehead atoms. The summed E-state index contributed by atoms with van der Waals surface area (Å²) in [6.45, 7) is 5.94. The second-order valence-electron chi connectivity index (χ2n) is 5.81. The Kier molecular flexibility index (Phi) is 4.02. The van der Waals surface area contributed by atoms with Crippen molar-refractivity contribution < 1.29 is 9.53 Å². The van der Waals surface area contributed by atoms with E-state index in [1.165, 1.54) is 0 Å². The van der Waals surface area contributed by atoms with Crippen LogP contribution in [0.3, 0.4) is 0 Å². The van der Waals surface area contributed by atoms with Crippen LogP contribution in [0.1, 0.15) is 23.1 Å². The summed E-state index contributed by atoms with van der Waals surface area (Å²) in [6, 6.07) is 6.00. The van der Waals surface area contributed by atoms with Gasteiger partial charge in [0, 0.05) is 31.2 Å². The van der Waals surface area contributed by atoms with Crippen LogP contribution in [-0.2, 0) is 23.1 Å². The van der Waals surface area contributed by atoms with Crippen molar-refractivity contribution in [3.63, 3.8) is 0 Å². The number of aromatic nitrogens is 3. The first-order valence-electron chi connectivity index (χ1n) is 7.56. The lowest BCUT2D eigenvalue weighted by molar-refractivity contribution is -0.141. The number of ether oxygens (including phenoxy) is 1. The Hall–Kier alpha value is -2.08. The molecule has 118 valence electrons. The zero-order valence-electron chi connectivity index (χ0n) is 13.3. The number of aryl methyl sites for hydroxylation is 3. The van der Waals surface area contributed by atoms with Crippen molar-refractivity contribution in [2.45, 2.75) is 26.4 Å². The SMILES string of the molecule is Cc1cc(C)n(CC(=O)N2CCOCC2c2cccn2C)n1. The second-order valence-corrected chi connectivity index (χ2v) is 5.81. The van der Waals surface area contributed by atoms with Gasteiger partial charge in [-0.3, -0.25) is 9.48 Å². The highest BCUT2D eigenvalue weighted by Crippen LogP contribution is 2.24. The van der Waals surface area contributed by atoms with Crippen molar-refractivity contribution in [2.75, 3.05) is 19.8 Å². The summed E-state index contributed by atoms with van der Waals surface area (Å²) in [5.74, 6) is 0.0840. The average Bonchev–Trinajstić information content (AvgIpc) is 3.04. The van der Waals surface area contributed by atoms with E-state index in [0.29, 0.717) is 19.8 Å². The van der Waals surface area contributed by atoms with E-state index in [1.807, 2.05) is 54.8 Å². The summed E-state index contributed by atoms with van der Waals surface area (Å²) in [4.78, 5) is 14.7. The van der Waals surface area contributed by atoms with Gasteiger partial charge in [0.25, 0.3) is 0 Å². The molecule has 0 N–H and O–H groups in total. The second kappa shape index (κ2) is 5.96. The largest absolute Gasteiger partial charge is 0.377 e. The van der Waals surface area contributed by atoms with Crippen LogP contribution in [0.15, 0.2) is 24.4 Å². The molecule has 22 heavy (non-hydrogen) atoms. The van der Waals surface area contributed by atoms with Crippen LogP contribution >= 0.6 is 0 Å².